The normalized spacial score (nSPS) is 10.9. The molecule has 0 atom stereocenters. The number of halogens is 1. The molecule has 0 bridgehead atoms. The first-order valence-electron chi connectivity index (χ1n) is 8.17. The molecule has 26 heavy (non-hydrogen) atoms. The molecular weight excluding hydrogens is 412 g/mol. The predicted molar refractivity (Wildman–Crippen MR) is 110 cm³/mol. The van der Waals surface area contributed by atoms with Crippen LogP contribution >= 0.6 is 27.7 Å². The number of phenolic OH excluding ortho intramolecular Hbond substituents is 1. The molecule has 0 spiro atoms. The van der Waals surface area contributed by atoms with E-state index >= 15 is 0 Å². The minimum Gasteiger partial charge on any atom is -0.507 e. The predicted octanol–water partition coefficient (Wildman–Crippen LogP) is 4.99. The fourth-order valence-electron chi connectivity index (χ4n) is 3.04. The van der Waals surface area contributed by atoms with Crippen molar-refractivity contribution < 1.29 is 9.90 Å². The highest BCUT2D eigenvalue weighted by molar-refractivity contribution is 9.10. The molecule has 0 unspecified atom stereocenters. The molecule has 4 nitrogen and oxygen atoms in total. The van der Waals surface area contributed by atoms with Gasteiger partial charge in [0, 0.05) is 33.8 Å². The van der Waals surface area contributed by atoms with Crippen molar-refractivity contribution in [2.24, 2.45) is 0 Å². The number of carbonyl (C=O) groups excluding carboxylic acids is 1. The van der Waals surface area contributed by atoms with E-state index in [1.165, 1.54) is 6.07 Å². The molecular formula is C20H19BrN2O2S. The van der Waals surface area contributed by atoms with E-state index in [1.54, 1.807) is 36.3 Å². The standard InChI is InChI=1S/C20H19BrN2O2S/c1-12-18(13-5-8-22-9-6-13)19(16(23-12)7-10-26-2)20(25)15-11-14(21)3-4-17(15)24/h3-6,8-9,11,23-24H,7,10H2,1-2H3. The van der Waals surface area contributed by atoms with Crippen molar-refractivity contribution in [1.82, 2.24) is 9.97 Å². The SMILES string of the molecule is CSCCc1[nH]c(C)c(-c2ccncc2)c1C(=O)c1cc(Br)ccc1O. The highest BCUT2D eigenvalue weighted by atomic mass is 79.9. The average molecular weight is 431 g/mol. The van der Waals surface area contributed by atoms with E-state index in [4.69, 9.17) is 0 Å². The van der Waals surface area contributed by atoms with Gasteiger partial charge in [-0.1, -0.05) is 15.9 Å². The maximum absolute atomic E-state index is 13.4. The lowest BCUT2D eigenvalue weighted by atomic mass is 9.94. The fourth-order valence-corrected chi connectivity index (χ4v) is 3.81. The van der Waals surface area contributed by atoms with Crippen LogP contribution in [0.4, 0.5) is 0 Å². The molecule has 3 aromatic rings. The highest BCUT2D eigenvalue weighted by Gasteiger charge is 2.25. The summed E-state index contributed by atoms with van der Waals surface area (Å²) in [4.78, 5) is 20.8. The van der Waals surface area contributed by atoms with Gasteiger partial charge in [-0.25, -0.2) is 0 Å². The van der Waals surface area contributed by atoms with Crippen LogP contribution in [0.15, 0.2) is 47.2 Å². The number of nitrogens with zero attached hydrogens (tertiary/aromatic N) is 1. The number of aryl methyl sites for hydroxylation is 2. The van der Waals surface area contributed by atoms with Gasteiger partial charge >= 0.3 is 0 Å². The van der Waals surface area contributed by atoms with Crippen molar-refractivity contribution in [1.29, 1.82) is 0 Å². The van der Waals surface area contributed by atoms with E-state index < -0.39 is 0 Å². The first kappa shape index (κ1) is 18.7. The van der Waals surface area contributed by atoms with Crippen molar-refractivity contribution in [2.45, 2.75) is 13.3 Å². The van der Waals surface area contributed by atoms with Gasteiger partial charge in [-0.15, -0.1) is 0 Å². The zero-order valence-electron chi connectivity index (χ0n) is 14.5. The molecule has 2 heterocycles. The van der Waals surface area contributed by atoms with Gasteiger partial charge in [0.2, 0.25) is 0 Å². The number of carbonyl (C=O) groups is 1. The number of aromatic hydroxyl groups is 1. The number of ketones is 1. The molecule has 134 valence electrons. The number of aromatic amines is 1. The third-order valence-electron chi connectivity index (χ3n) is 4.22. The Morgan fingerprint density at radius 2 is 2.00 bits per heavy atom. The van der Waals surface area contributed by atoms with Crippen molar-refractivity contribution in [3.63, 3.8) is 0 Å². The third-order valence-corrected chi connectivity index (χ3v) is 5.33. The second-order valence-corrected chi connectivity index (χ2v) is 7.85. The Morgan fingerprint density at radius 3 is 2.69 bits per heavy atom. The summed E-state index contributed by atoms with van der Waals surface area (Å²) in [5.41, 5.74) is 4.54. The largest absolute Gasteiger partial charge is 0.507 e. The number of phenols is 1. The number of aromatic nitrogens is 2. The number of hydrogen-bond donors (Lipinski definition) is 2. The summed E-state index contributed by atoms with van der Waals surface area (Å²) in [5.74, 6) is 0.699. The van der Waals surface area contributed by atoms with Gasteiger partial charge in [0.25, 0.3) is 0 Å². The first-order chi connectivity index (χ1) is 12.5. The number of thioether (sulfide) groups is 1. The molecule has 0 aliphatic heterocycles. The summed E-state index contributed by atoms with van der Waals surface area (Å²) in [6.45, 7) is 1.97. The summed E-state index contributed by atoms with van der Waals surface area (Å²) >= 11 is 5.11. The monoisotopic (exact) mass is 430 g/mol. The maximum Gasteiger partial charge on any atom is 0.199 e. The molecule has 0 amide bonds. The van der Waals surface area contributed by atoms with Crippen LogP contribution in [0.2, 0.25) is 0 Å². The van der Waals surface area contributed by atoms with Gasteiger partial charge < -0.3 is 10.1 Å². The number of rotatable bonds is 6. The molecule has 0 aliphatic rings. The first-order valence-corrected chi connectivity index (χ1v) is 10.4. The van der Waals surface area contributed by atoms with Crippen LogP contribution in [0.25, 0.3) is 11.1 Å². The lowest BCUT2D eigenvalue weighted by molar-refractivity contribution is 0.103. The van der Waals surface area contributed by atoms with Crippen molar-refractivity contribution in [2.75, 3.05) is 12.0 Å². The van der Waals surface area contributed by atoms with Crippen molar-refractivity contribution in [3.05, 3.63) is 69.7 Å². The number of nitrogens with one attached hydrogen (secondary N) is 1. The minimum atomic E-state index is -0.184. The minimum absolute atomic E-state index is 0.0199. The van der Waals surface area contributed by atoms with Gasteiger partial charge in [0.1, 0.15) is 5.75 Å². The van der Waals surface area contributed by atoms with Crippen LogP contribution in [-0.4, -0.2) is 32.9 Å². The Kier molecular flexibility index (Phi) is 5.84. The summed E-state index contributed by atoms with van der Waals surface area (Å²) in [7, 11) is 0. The Hall–Kier alpha value is -2.05. The topological polar surface area (TPSA) is 66.0 Å². The molecule has 2 N–H and O–H groups in total. The highest BCUT2D eigenvalue weighted by Crippen LogP contribution is 2.34. The Bertz CT molecular complexity index is 938. The van der Waals surface area contributed by atoms with E-state index in [-0.39, 0.29) is 11.5 Å². The van der Waals surface area contributed by atoms with Gasteiger partial charge in [0.05, 0.1) is 11.1 Å². The molecule has 3 rings (SSSR count). The molecule has 0 fully saturated rings. The van der Waals surface area contributed by atoms with Crippen LogP contribution in [-0.2, 0) is 6.42 Å². The van der Waals surface area contributed by atoms with E-state index in [2.05, 4.69) is 25.9 Å². The van der Waals surface area contributed by atoms with Gasteiger partial charge in [0.15, 0.2) is 5.78 Å². The second-order valence-electron chi connectivity index (χ2n) is 5.95. The van der Waals surface area contributed by atoms with Crippen LogP contribution < -0.4 is 0 Å². The average Bonchev–Trinajstić information content (AvgIpc) is 2.98. The second kappa shape index (κ2) is 8.10. The van der Waals surface area contributed by atoms with Crippen LogP contribution in [0.5, 0.6) is 5.75 Å². The lowest BCUT2D eigenvalue weighted by Crippen LogP contribution is -2.07. The van der Waals surface area contributed by atoms with Crippen LogP contribution in [0.1, 0.15) is 27.3 Å². The van der Waals surface area contributed by atoms with E-state index in [9.17, 15) is 9.90 Å². The summed E-state index contributed by atoms with van der Waals surface area (Å²) < 4.78 is 0.752. The zero-order chi connectivity index (χ0) is 18.7. The van der Waals surface area contributed by atoms with E-state index in [1.807, 2.05) is 25.3 Å². The Labute approximate surface area is 165 Å². The van der Waals surface area contributed by atoms with E-state index in [0.29, 0.717) is 11.1 Å². The van der Waals surface area contributed by atoms with Crippen molar-refractivity contribution >= 4 is 33.5 Å². The fraction of sp³-hybridized carbons (Fsp3) is 0.200. The number of H-pyrrole nitrogens is 1. The quantitative estimate of drug-likeness (QED) is 0.540. The van der Waals surface area contributed by atoms with Gasteiger partial charge in [-0.3, -0.25) is 9.78 Å². The molecule has 1 aromatic carbocycles. The van der Waals surface area contributed by atoms with Gasteiger partial charge in [-0.05, 0) is 61.2 Å². The van der Waals surface area contributed by atoms with Crippen molar-refractivity contribution in [3.8, 4) is 16.9 Å². The van der Waals surface area contributed by atoms with E-state index in [0.717, 1.165) is 39.2 Å². The molecule has 0 aliphatic carbocycles. The van der Waals surface area contributed by atoms with Crippen LogP contribution in [0.3, 0.4) is 0 Å². The molecule has 0 saturated heterocycles. The van der Waals surface area contributed by atoms with Gasteiger partial charge in [-0.2, -0.15) is 11.8 Å². The Morgan fingerprint density at radius 1 is 1.27 bits per heavy atom. The summed E-state index contributed by atoms with van der Waals surface area (Å²) in [6, 6.07) is 8.70. The number of benzene rings is 1. The maximum atomic E-state index is 13.4. The van der Waals surface area contributed by atoms with Crippen LogP contribution in [0, 0.1) is 6.92 Å². The molecule has 2 aromatic heterocycles. The zero-order valence-corrected chi connectivity index (χ0v) is 16.9. The summed E-state index contributed by atoms with van der Waals surface area (Å²) in [5, 5.41) is 10.2. The number of hydrogen-bond acceptors (Lipinski definition) is 4. The molecule has 6 heteroatoms. The molecule has 0 radical (unpaired) electrons. The molecule has 0 saturated carbocycles. The smallest absolute Gasteiger partial charge is 0.199 e. The third kappa shape index (κ3) is 3.71. The lowest BCUT2D eigenvalue weighted by Gasteiger charge is -2.09. The number of pyridine rings is 1. The Balaban J connectivity index is 2.20. The summed E-state index contributed by atoms with van der Waals surface area (Å²) in [6.07, 6.45) is 6.23.